The molecular formula is C38H38BN. The van der Waals surface area contributed by atoms with Gasteiger partial charge in [0, 0.05) is 16.9 Å². The summed E-state index contributed by atoms with van der Waals surface area (Å²) in [4.78, 5) is 2.47. The van der Waals surface area contributed by atoms with Crippen molar-refractivity contribution < 1.29 is 0 Å². The molecule has 0 aliphatic carbocycles. The fraction of sp³-hybridized carbons (Fsp3) is 0.105. The van der Waals surface area contributed by atoms with Crippen molar-refractivity contribution in [3.8, 4) is 22.3 Å². The van der Waals surface area contributed by atoms with E-state index in [2.05, 4.69) is 136 Å². The van der Waals surface area contributed by atoms with Gasteiger partial charge in [-0.2, -0.15) is 0 Å². The van der Waals surface area contributed by atoms with Gasteiger partial charge in [0.15, 0.2) is 0 Å². The molecule has 0 saturated heterocycles. The Labute approximate surface area is 241 Å². The second kappa shape index (κ2) is 12.5. The number of fused-ring (bicyclic) bond motifs is 6. The van der Waals surface area contributed by atoms with Crippen molar-refractivity contribution >= 4 is 18.0 Å². The van der Waals surface area contributed by atoms with Crippen LogP contribution in [0.3, 0.4) is 0 Å². The van der Waals surface area contributed by atoms with Crippen LogP contribution in [0.15, 0.2) is 169 Å². The van der Waals surface area contributed by atoms with Gasteiger partial charge in [0.2, 0.25) is 0 Å². The predicted octanol–water partition coefficient (Wildman–Crippen LogP) is 9.81. The van der Waals surface area contributed by atoms with Crippen LogP contribution in [0.4, 0.5) is 5.69 Å². The molecule has 0 spiro atoms. The highest BCUT2D eigenvalue weighted by Gasteiger charge is 2.43. The fourth-order valence-corrected chi connectivity index (χ4v) is 5.43. The summed E-state index contributed by atoms with van der Waals surface area (Å²) in [5, 5.41) is 0. The number of allylic oxidation sites excluding steroid dienone is 11. The Hall–Kier alpha value is -4.56. The summed E-state index contributed by atoms with van der Waals surface area (Å²) < 4.78 is 0. The zero-order chi connectivity index (χ0) is 28.8. The van der Waals surface area contributed by atoms with Gasteiger partial charge in [-0.25, -0.2) is 0 Å². The molecule has 1 nitrogen and oxygen atoms in total. The number of rotatable bonds is 6. The molecule has 0 atom stereocenters. The second-order valence-electron chi connectivity index (χ2n) is 9.69. The van der Waals surface area contributed by atoms with Gasteiger partial charge in [0.05, 0.1) is 0 Å². The van der Waals surface area contributed by atoms with Crippen molar-refractivity contribution in [2.24, 2.45) is 0 Å². The first-order valence-electron chi connectivity index (χ1n) is 14.0. The smallest absolute Gasteiger partial charge is 0.329 e. The van der Waals surface area contributed by atoms with Crippen molar-refractivity contribution in [2.75, 3.05) is 4.81 Å². The van der Waals surface area contributed by atoms with Crippen molar-refractivity contribution in [2.45, 2.75) is 27.7 Å². The van der Waals surface area contributed by atoms with E-state index in [4.69, 9.17) is 0 Å². The van der Waals surface area contributed by atoms with Gasteiger partial charge < -0.3 is 4.81 Å². The molecule has 40 heavy (non-hydrogen) atoms. The lowest BCUT2D eigenvalue weighted by molar-refractivity contribution is 1.18. The van der Waals surface area contributed by atoms with E-state index in [0.29, 0.717) is 0 Å². The fourth-order valence-electron chi connectivity index (χ4n) is 5.43. The van der Waals surface area contributed by atoms with E-state index in [0.717, 1.165) is 27.8 Å². The van der Waals surface area contributed by atoms with Crippen LogP contribution in [0, 0.1) is 0 Å². The highest BCUT2D eigenvalue weighted by atomic mass is 15.1. The van der Waals surface area contributed by atoms with Crippen LogP contribution in [-0.2, 0) is 0 Å². The lowest BCUT2D eigenvalue weighted by Crippen LogP contribution is -2.55. The largest absolute Gasteiger partial charge is 0.376 e. The molecule has 0 radical (unpaired) electrons. The Morgan fingerprint density at radius 2 is 1.55 bits per heavy atom. The van der Waals surface area contributed by atoms with Crippen LogP contribution in [-0.4, -0.2) is 6.85 Å². The third-order valence-electron chi connectivity index (χ3n) is 7.40. The van der Waals surface area contributed by atoms with Crippen LogP contribution in [0.5, 0.6) is 0 Å². The minimum atomic E-state index is -0.0566. The van der Waals surface area contributed by atoms with Gasteiger partial charge in [-0.05, 0) is 75.9 Å². The Balaban J connectivity index is 0.00000181. The minimum absolute atomic E-state index is 0.0566. The number of para-hydroxylation sites is 1. The zero-order valence-corrected chi connectivity index (χ0v) is 24.2. The molecule has 0 unspecified atom stereocenters. The Bertz CT molecular complexity index is 1590. The first-order chi connectivity index (χ1) is 19.5. The third kappa shape index (κ3) is 5.18. The van der Waals surface area contributed by atoms with E-state index < -0.39 is 0 Å². The van der Waals surface area contributed by atoms with Crippen molar-refractivity contribution in [1.82, 2.24) is 0 Å². The molecule has 0 saturated carbocycles. The highest BCUT2D eigenvalue weighted by Crippen LogP contribution is 2.45. The maximum atomic E-state index is 4.59. The average Bonchev–Trinajstić information content (AvgIpc) is 3.00. The molecule has 198 valence electrons. The molecule has 0 amide bonds. The van der Waals surface area contributed by atoms with Crippen LogP contribution in [0.2, 0.25) is 0 Å². The van der Waals surface area contributed by atoms with Gasteiger partial charge in [0.1, 0.15) is 0 Å². The standard InChI is InChI=1S/C36H32BN.C2H6/c1-7-9-16-25(3)26(4)23-33-27(5)28(6)35(15-8-2)38-36-20-14-13-19-32(36)31-22-21-30(24-34(31)37(33)38)29-17-11-10-12-18-29;1-2/h7-24H,1,3-5H2,2,6H3;1-2H3/b15-8-,16-9-,33-23+;. The van der Waals surface area contributed by atoms with Gasteiger partial charge in [-0.15, -0.1) is 0 Å². The molecular weight excluding hydrogens is 481 g/mol. The lowest BCUT2D eigenvalue weighted by atomic mass is 9.41. The van der Waals surface area contributed by atoms with Crippen LogP contribution in [0.1, 0.15) is 27.7 Å². The molecule has 2 aliphatic heterocycles. The Morgan fingerprint density at radius 1 is 0.850 bits per heavy atom. The molecule has 3 aromatic carbocycles. The van der Waals surface area contributed by atoms with Gasteiger partial charge in [-0.3, -0.25) is 0 Å². The maximum absolute atomic E-state index is 4.59. The third-order valence-corrected chi connectivity index (χ3v) is 7.40. The maximum Gasteiger partial charge on any atom is 0.329 e. The summed E-state index contributed by atoms with van der Waals surface area (Å²) >= 11 is 0. The number of benzene rings is 3. The molecule has 0 aromatic heterocycles. The van der Waals surface area contributed by atoms with Crippen LogP contribution in [0.25, 0.3) is 22.3 Å². The SMILES string of the molecule is C=C/C=C\C(=C)C(=C)/C=C1/B2c3cc(-c4ccccc4)ccc3-c3ccccc3N2C(/C=C\C)=C(C)C1=C.CC. The van der Waals surface area contributed by atoms with E-state index in [1.165, 1.54) is 39.1 Å². The minimum Gasteiger partial charge on any atom is -0.376 e. The van der Waals surface area contributed by atoms with E-state index in [1.54, 1.807) is 6.08 Å². The van der Waals surface area contributed by atoms with E-state index in [9.17, 15) is 0 Å². The Morgan fingerprint density at radius 3 is 2.25 bits per heavy atom. The monoisotopic (exact) mass is 519 g/mol. The molecule has 0 bridgehead atoms. The number of hydrogen-bond acceptors (Lipinski definition) is 1. The van der Waals surface area contributed by atoms with Crippen LogP contribution >= 0.6 is 0 Å². The summed E-state index contributed by atoms with van der Waals surface area (Å²) in [6, 6.07) is 26.1. The zero-order valence-electron chi connectivity index (χ0n) is 24.2. The topological polar surface area (TPSA) is 3.24 Å². The normalized spacial score (nSPS) is 15.0. The Kier molecular flexibility index (Phi) is 8.92. The first kappa shape index (κ1) is 28.5. The highest BCUT2D eigenvalue weighted by molar-refractivity contribution is 6.87. The van der Waals surface area contributed by atoms with Crippen molar-refractivity contribution in [1.29, 1.82) is 0 Å². The average molecular weight is 520 g/mol. The van der Waals surface area contributed by atoms with Crippen LogP contribution < -0.4 is 10.3 Å². The first-order valence-corrected chi connectivity index (χ1v) is 14.0. The van der Waals surface area contributed by atoms with E-state index >= 15 is 0 Å². The van der Waals surface area contributed by atoms with Gasteiger partial charge in [-0.1, -0.05) is 137 Å². The van der Waals surface area contributed by atoms with E-state index in [-0.39, 0.29) is 6.85 Å². The predicted molar refractivity (Wildman–Crippen MR) is 179 cm³/mol. The number of hydrogen-bond donors (Lipinski definition) is 0. The second-order valence-corrected chi connectivity index (χ2v) is 9.69. The lowest BCUT2D eigenvalue weighted by Gasteiger charge is -2.45. The summed E-state index contributed by atoms with van der Waals surface area (Å²) in [6.07, 6.45) is 12.1. The molecule has 0 fully saturated rings. The van der Waals surface area contributed by atoms with Gasteiger partial charge in [0.25, 0.3) is 0 Å². The number of nitrogens with zero attached hydrogens (tertiary/aromatic N) is 1. The quantitative estimate of drug-likeness (QED) is 0.231. The van der Waals surface area contributed by atoms with E-state index in [1.807, 2.05) is 26.0 Å². The molecule has 3 aromatic rings. The molecule has 2 aliphatic rings. The summed E-state index contributed by atoms with van der Waals surface area (Å²) in [6.45, 7) is 25.2. The molecule has 0 N–H and O–H groups in total. The summed E-state index contributed by atoms with van der Waals surface area (Å²) in [5.41, 5.74) is 13.5. The summed E-state index contributed by atoms with van der Waals surface area (Å²) in [5.74, 6) is 0. The van der Waals surface area contributed by atoms with Gasteiger partial charge >= 0.3 is 6.85 Å². The number of anilines is 1. The molecule has 2 heterocycles. The van der Waals surface area contributed by atoms with Crippen molar-refractivity contribution in [3.05, 3.63) is 169 Å². The molecule has 2 heteroatoms. The van der Waals surface area contributed by atoms with Crippen molar-refractivity contribution in [3.63, 3.8) is 0 Å². The molecule has 5 rings (SSSR count). The summed E-state index contributed by atoms with van der Waals surface area (Å²) in [7, 11) is 0.